The molecular formula is C34H37KN4O4. The van der Waals surface area contributed by atoms with E-state index in [0.717, 1.165) is 40.2 Å². The first kappa shape index (κ1) is 34.4. The van der Waals surface area contributed by atoms with Gasteiger partial charge in [-0.3, -0.25) is 9.36 Å². The summed E-state index contributed by atoms with van der Waals surface area (Å²) in [6.07, 6.45) is 2.01. The predicted octanol–water partition coefficient (Wildman–Crippen LogP) is 2.76. The number of ether oxygens (including phenoxy) is 1. The maximum absolute atomic E-state index is 14.0. The number of benzene rings is 3. The van der Waals surface area contributed by atoms with Crippen molar-refractivity contribution in [3.05, 3.63) is 106 Å². The molecule has 0 spiro atoms. The Bertz CT molecular complexity index is 1640. The zero-order valence-electron chi connectivity index (χ0n) is 26.0. The van der Waals surface area contributed by atoms with Gasteiger partial charge in [0.25, 0.3) is 5.56 Å². The van der Waals surface area contributed by atoms with Crippen molar-refractivity contribution in [2.45, 2.75) is 59.6 Å². The minimum Gasteiger partial charge on any atom is -0.864 e. The van der Waals surface area contributed by atoms with Gasteiger partial charge in [-0.2, -0.15) is 0 Å². The molecule has 0 amide bonds. The third-order valence-corrected chi connectivity index (χ3v) is 6.60. The van der Waals surface area contributed by atoms with Crippen molar-refractivity contribution >= 4 is 12.2 Å². The number of rotatable bonds is 9. The molecule has 0 atom stereocenters. The van der Waals surface area contributed by atoms with Crippen molar-refractivity contribution in [1.82, 2.24) is 9.55 Å². The molecule has 0 aliphatic heterocycles. The maximum atomic E-state index is 14.0. The number of aromatic nitrogens is 2. The summed E-state index contributed by atoms with van der Waals surface area (Å²) in [5, 5.41) is 15.0. The van der Waals surface area contributed by atoms with Crippen LogP contribution in [0.15, 0.2) is 87.7 Å². The minimum atomic E-state index is -0.310. The molecule has 0 bridgehead atoms. The molecule has 9 heteroatoms. The Labute approximate surface area is 295 Å². The molecule has 0 N–H and O–H groups in total. The van der Waals surface area contributed by atoms with Crippen LogP contribution in [0.4, 0.5) is 0 Å². The molecule has 0 aliphatic carbocycles. The van der Waals surface area contributed by atoms with Crippen molar-refractivity contribution in [2.24, 2.45) is 10.1 Å². The summed E-state index contributed by atoms with van der Waals surface area (Å²) in [5.74, 6) is 1.71. The fourth-order valence-electron chi connectivity index (χ4n) is 4.85. The topological polar surface area (TPSA) is 101 Å². The first-order valence-corrected chi connectivity index (χ1v) is 14.0. The first-order chi connectivity index (χ1) is 20.1. The van der Waals surface area contributed by atoms with Gasteiger partial charge in [-0.05, 0) is 74.9 Å². The third-order valence-electron chi connectivity index (χ3n) is 6.60. The minimum absolute atomic E-state index is 0. The van der Waals surface area contributed by atoms with Gasteiger partial charge in [0.15, 0.2) is 5.84 Å². The Balaban J connectivity index is 0.00000506. The van der Waals surface area contributed by atoms with Crippen molar-refractivity contribution < 1.29 is 66.1 Å². The summed E-state index contributed by atoms with van der Waals surface area (Å²) < 4.78 is 7.74. The van der Waals surface area contributed by atoms with Gasteiger partial charge in [0, 0.05) is 12.0 Å². The maximum Gasteiger partial charge on any atom is 1.00 e. The number of amidine groups is 1. The molecule has 0 fully saturated rings. The molecule has 0 unspecified atom stereocenters. The standard InChI is InChI=1S/C34H38N4O4.K/c1-7-10-30-36-23(2)31(26-17-19-27(20-18-26)42-34(3,4)5)33(40)38(30)21-24-13-15-25(16-14-24)28-11-8-9-12-29(28)32(35-22-39)37-41-6;/h8-9,11-20,22H,7,10,21H2,1-6H3,(H,35,37,39);/q;+1/p-1. The Morgan fingerprint density at radius 2 is 1.65 bits per heavy atom. The summed E-state index contributed by atoms with van der Waals surface area (Å²) in [5.41, 5.74) is 5.14. The molecule has 0 saturated carbocycles. The van der Waals surface area contributed by atoms with Crippen LogP contribution in [0.2, 0.25) is 0 Å². The smallest absolute Gasteiger partial charge is 0.864 e. The van der Waals surface area contributed by atoms with Gasteiger partial charge in [-0.15, -0.1) is 0 Å². The second-order valence-electron chi connectivity index (χ2n) is 10.9. The molecule has 0 saturated heterocycles. The number of aliphatic imine (C=N–C) groups is 1. The van der Waals surface area contributed by atoms with Crippen LogP contribution in [-0.2, 0) is 17.8 Å². The van der Waals surface area contributed by atoms with E-state index < -0.39 is 0 Å². The number of aryl methyl sites for hydroxylation is 2. The van der Waals surface area contributed by atoms with Gasteiger partial charge in [-0.25, -0.2) is 9.98 Å². The summed E-state index contributed by atoms with van der Waals surface area (Å²) in [7, 11) is 1.41. The summed E-state index contributed by atoms with van der Waals surface area (Å²) in [4.78, 5) is 27.6. The molecule has 43 heavy (non-hydrogen) atoms. The SMILES string of the molecule is CCCc1nc(C)c(-c2ccc(OC(C)(C)C)cc2)c(=O)n1Cc1ccc(-c2ccccc2/C(N=C[O-])=N/OC)cc1.[K+]. The van der Waals surface area contributed by atoms with E-state index in [1.54, 1.807) is 4.57 Å². The normalized spacial score (nSPS) is 11.8. The van der Waals surface area contributed by atoms with Crippen molar-refractivity contribution in [1.29, 1.82) is 0 Å². The van der Waals surface area contributed by atoms with Crippen LogP contribution in [0.1, 0.15) is 56.8 Å². The molecule has 0 radical (unpaired) electrons. The summed E-state index contributed by atoms with van der Waals surface area (Å²) >= 11 is 0. The Morgan fingerprint density at radius 3 is 2.26 bits per heavy atom. The van der Waals surface area contributed by atoms with E-state index >= 15 is 0 Å². The molecule has 3 aromatic carbocycles. The molecule has 4 rings (SSSR count). The third kappa shape index (κ3) is 8.74. The van der Waals surface area contributed by atoms with Crippen LogP contribution in [0.3, 0.4) is 0 Å². The largest absolute Gasteiger partial charge is 1.00 e. The van der Waals surface area contributed by atoms with Crippen LogP contribution in [0.25, 0.3) is 22.3 Å². The second kappa shape index (κ2) is 15.6. The van der Waals surface area contributed by atoms with Crippen LogP contribution < -0.4 is 66.8 Å². The van der Waals surface area contributed by atoms with Gasteiger partial charge >= 0.3 is 51.4 Å². The van der Waals surface area contributed by atoms with E-state index in [-0.39, 0.29) is 68.4 Å². The molecule has 4 aromatic rings. The zero-order chi connectivity index (χ0) is 30.3. The predicted molar refractivity (Wildman–Crippen MR) is 166 cm³/mol. The van der Waals surface area contributed by atoms with Gasteiger partial charge in [-0.1, -0.05) is 72.7 Å². The van der Waals surface area contributed by atoms with Crippen LogP contribution in [0.5, 0.6) is 5.75 Å². The molecule has 1 aromatic heterocycles. The van der Waals surface area contributed by atoms with E-state index in [1.165, 1.54) is 7.11 Å². The number of oxime groups is 1. The fourth-order valence-corrected chi connectivity index (χ4v) is 4.85. The van der Waals surface area contributed by atoms with E-state index in [4.69, 9.17) is 14.6 Å². The number of nitrogens with zero attached hydrogens (tertiary/aromatic N) is 4. The number of hydrogen-bond donors (Lipinski definition) is 0. The Kier molecular flexibility index (Phi) is 12.5. The van der Waals surface area contributed by atoms with Crippen molar-refractivity contribution in [3.63, 3.8) is 0 Å². The van der Waals surface area contributed by atoms with Gasteiger partial charge in [0.2, 0.25) is 0 Å². The average Bonchev–Trinajstić information content (AvgIpc) is 2.95. The monoisotopic (exact) mass is 604 g/mol. The van der Waals surface area contributed by atoms with Crippen LogP contribution >= 0.6 is 0 Å². The van der Waals surface area contributed by atoms with Gasteiger partial charge in [0.1, 0.15) is 24.3 Å². The zero-order valence-corrected chi connectivity index (χ0v) is 29.2. The Hall–Kier alpha value is -3.08. The molecular weight excluding hydrogens is 567 g/mol. The first-order valence-electron chi connectivity index (χ1n) is 14.0. The molecule has 8 nitrogen and oxygen atoms in total. The molecule has 218 valence electrons. The average molecular weight is 605 g/mol. The molecule has 1 heterocycles. The summed E-state index contributed by atoms with van der Waals surface area (Å²) in [6, 6.07) is 23.1. The van der Waals surface area contributed by atoms with E-state index in [2.05, 4.69) is 17.1 Å². The van der Waals surface area contributed by atoms with E-state index in [0.29, 0.717) is 36.2 Å². The van der Waals surface area contributed by atoms with Gasteiger partial charge < -0.3 is 14.7 Å². The second-order valence-corrected chi connectivity index (χ2v) is 10.9. The van der Waals surface area contributed by atoms with Crippen LogP contribution in [0, 0.1) is 6.92 Å². The fraction of sp³-hybridized carbons (Fsp3) is 0.294. The van der Waals surface area contributed by atoms with Crippen molar-refractivity contribution in [3.8, 4) is 28.0 Å². The molecule has 0 aliphatic rings. The Morgan fingerprint density at radius 1 is 1.00 bits per heavy atom. The van der Waals surface area contributed by atoms with Crippen molar-refractivity contribution in [2.75, 3.05) is 7.11 Å². The van der Waals surface area contributed by atoms with E-state index in [1.807, 2.05) is 100 Å². The van der Waals surface area contributed by atoms with Gasteiger partial charge in [0.05, 0.1) is 17.8 Å². The summed E-state index contributed by atoms with van der Waals surface area (Å²) in [6.45, 7) is 10.4. The quantitative estimate of drug-likeness (QED) is 0.127. The number of hydrogen-bond acceptors (Lipinski definition) is 6. The van der Waals surface area contributed by atoms with Crippen LogP contribution in [-0.4, -0.2) is 34.5 Å². The van der Waals surface area contributed by atoms with E-state index in [9.17, 15) is 9.90 Å².